The van der Waals surface area contributed by atoms with E-state index in [0.29, 0.717) is 12.1 Å². The quantitative estimate of drug-likeness (QED) is 0.896. The van der Waals surface area contributed by atoms with E-state index < -0.39 is 0 Å². The highest BCUT2D eigenvalue weighted by Gasteiger charge is 2.22. The molecule has 0 saturated carbocycles. The van der Waals surface area contributed by atoms with Crippen molar-refractivity contribution in [1.29, 1.82) is 0 Å². The summed E-state index contributed by atoms with van der Waals surface area (Å²) in [5.41, 5.74) is 0. The molecule has 112 valence electrons. The van der Waals surface area contributed by atoms with Gasteiger partial charge in [0, 0.05) is 42.4 Å². The van der Waals surface area contributed by atoms with Gasteiger partial charge in [0.05, 0.1) is 3.79 Å². The van der Waals surface area contributed by atoms with Crippen molar-refractivity contribution in [1.82, 2.24) is 15.3 Å². The molecule has 0 spiro atoms. The molecule has 3 heterocycles. The zero-order chi connectivity index (χ0) is 14.7. The Morgan fingerprint density at radius 2 is 2.00 bits per heavy atom. The molecule has 1 fully saturated rings. The molecule has 0 radical (unpaired) electrons. The Morgan fingerprint density at radius 3 is 2.62 bits per heavy atom. The van der Waals surface area contributed by atoms with E-state index in [1.807, 2.05) is 18.5 Å². The van der Waals surface area contributed by atoms with Crippen LogP contribution < -0.4 is 10.2 Å². The first-order chi connectivity index (χ1) is 10.2. The van der Waals surface area contributed by atoms with E-state index in [1.54, 1.807) is 11.3 Å². The van der Waals surface area contributed by atoms with Crippen LogP contribution >= 0.6 is 27.3 Å². The van der Waals surface area contributed by atoms with Crippen molar-refractivity contribution in [2.75, 3.05) is 18.0 Å². The van der Waals surface area contributed by atoms with E-state index in [2.05, 4.69) is 55.2 Å². The first-order valence-corrected chi connectivity index (χ1v) is 8.86. The van der Waals surface area contributed by atoms with Crippen LogP contribution in [0.3, 0.4) is 0 Å². The van der Waals surface area contributed by atoms with Crippen molar-refractivity contribution in [2.45, 2.75) is 31.8 Å². The summed E-state index contributed by atoms with van der Waals surface area (Å²) >= 11 is 5.34. The maximum atomic E-state index is 4.33. The lowest BCUT2D eigenvalue weighted by Crippen LogP contribution is -2.43. The third-order valence-electron chi connectivity index (χ3n) is 3.84. The molecule has 1 aliphatic heterocycles. The maximum Gasteiger partial charge on any atom is 0.225 e. The predicted octanol–water partition coefficient (Wildman–Crippen LogP) is 3.62. The van der Waals surface area contributed by atoms with Gasteiger partial charge >= 0.3 is 0 Å². The first-order valence-electron chi connectivity index (χ1n) is 7.25. The number of halogens is 1. The molecule has 1 saturated heterocycles. The first kappa shape index (κ1) is 14.9. The average molecular weight is 367 g/mol. The van der Waals surface area contributed by atoms with Crippen molar-refractivity contribution in [3.05, 3.63) is 39.3 Å². The molecule has 21 heavy (non-hydrogen) atoms. The molecular formula is C15H19BrN4S. The third-order valence-corrected chi connectivity index (χ3v) is 5.64. The van der Waals surface area contributed by atoms with E-state index >= 15 is 0 Å². The number of rotatable bonds is 4. The van der Waals surface area contributed by atoms with E-state index in [-0.39, 0.29) is 0 Å². The van der Waals surface area contributed by atoms with Crippen LogP contribution in [0.2, 0.25) is 0 Å². The van der Waals surface area contributed by atoms with Crippen LogP contribution in [0.4, 0.5) is 5.95 Å². The van der Waals surface area contributed by atoms with Gasteiger partial charge in [-0.2, -0.15) is 0 Å². The van der Waals surface area contributed by atoms with Gasteiger partial charge in [0.25, 0.3) is 0 Å². The lowest BCUT2D eigenvalue weighted by molar-refractivity contribution is 0.381. The van der Waals surface area contributed by atoms with E-state index in [1.165, 1.54) is 8.66 Å². The summed E-state index contributed by atoms with van der Waals surface area (Å²) in [5.74, 6) is 0.853. The molecule has 1 aliphatic rings. The number of anilines is 1. The number of nitrogens with zero attached hydrogens (tertiary/aromatic N) is 3. The van der Waals surface area contributed by atoms with Crippen molar-refractivity contribution in [2.24, 2.45) is 0 Å². The second kappa shape index (κ2) is 6.85. The summed E-state index contributed by atoms with van der Waals surface area (Å²) in [6, 6.07) is 7.15. The Balaban J connectivity index is 1.52. The van der Waals surface area contributed by atoms with E-state index in [0.717, 1.165) is 31.9 Å². The van der Waals surface area contributed by atoms with Gasteiger partial charge in [0.2, 0.25) is 5.95 Å². The standard InChI is InChI=1S/C15H19BrN4S/c1-11(13-3-4-14(16)21-13)19-12-5-9-20(10-6-12)15-17-7-2-8-18-15/h2-4,7-8,11-12,19H,5-6,9-10H2,1H3. The molecule has 1 atom stereocenters. The van der Waals surface area contributed by atoms with Crippen LogP contribution in [0.25, 0.3) is 0 Å². The molecular weight excluding hydrogens is 348 g/mol. The van der Waals surface area contributed by atoms with Crippen LogP contribution in [-0.4, -0.2) is 29.1 Å². The van der Waals surface area contributed by atoms with Crippen LogP contribution in [0.5, 0.6) is 0 Å². The highest BCUT2D eigenvalue weighted by atomic mass is 79.9. The summed E-state index contributed by atoms with van der Waals surface area (Å²) in [5, 5.41) is 3.74. The highest BCUT2D eigenvalue weighted by Crippen LogP contribution is 2.28. The summed E-state index contributed by atoms with van der Waals surface area (Å²) in [7, 11) is 0. The number of piperidine rings is 1. The molecule has 6 heteroatoms. The monoisotopic (exact) mass is 366 g/mol. The van der Waals surface area contributed by atoms with E-state index in [4.69, 9.17) is 0 Å². The van der Waals surface area contributed by atoms with Gasteiger partial charge in [0.15, 0.2) is 0 Å². The summed E-state index contributed by atoms with van der Waals surface area (Å²) in [6.45, 7) is 4.27. The largest absolute Gasteiger partial charge is 0.341 e. The zero-order valence-electron chi connectivity index (χ0n) is 12.0. The average Bonchev–Trinajstić information content (AvgIpc) is 2.96. The van der Waals surface area contributed by atoms with Gasteiger partial charge in [0.1, 0.15) is 0 Å². The topological polar surface area (TPSA) is 41.0 Å². The fourth-order valence-electron chi connectivity index (χ4n) is 2.70. The van der Waals surface area contributed by atoms with Gasteiger partial charge in [-0.25, -0.2) is 9.97 Å². The fourth-order valence-corrected chi connectivity index (χ4v) is 4.13. The van der Waals surface area contributed by atoms with Gasteiger partial charge in [-0.05, 0) is 53.9 Å². The Kier molecular flexibility index (Phi) is 4.87. The molecule has 2 aromatic rings. The van der Waals surface area contributed by atoms with Gasteiger partial charge in [-0.1, -0.05) is 0 Å². The minimum Gasteiger partial charge on any atom is -0.341 e. The van der Waals surface area contributed by atoms with Crippen molar-refractivity contribution in [3.63, 3.8) is 0 Å². The minimum absolute atomic E-state index is 0.408. The second-order valence-electron chi connectivity index (χ2n) is 5.34. The van der Waals surface area contributed by atoms with E-state index in [9.17, 15) is 0 Å². The number of thiophene rings is 1. The Labute approximate surface area is 137 Å². The Hall–Kier alpha value is -0.980. The zero-order valence-corrected chi connectivity index (χ0v) is 14.4. The van der Waals surface area contributed by atoms with Crippen LogP contribution in [0, 0.1) is 0 Å². The number of hydrogen-bond donors (Lipinski definition) is 1. The Bertz CT molecular complexity index is 566. The highest BCUT2D eigenvalue weighted by molar-refractivity contribution is 9.11. The van der Waals surface area contributed by atoms with Gasteiger partial charge in [-0.3, -0.25) is 0 Å². The molecule has 2 aromatic heterocycles. The number of nitrogens with one attached hydrogen (secondary N) is 1. The summed E-state index contributed by atoms with van der Waals surface area (Å²) < 4.78 is 1.20. The molecule has 0 aliphatic carbocycles. The predicted molar refractivity (Wildman–Crippen MR) is 90.8 cm³/mol. The molecule has 0 amide bonds. The molecule has 1 N–H and O–H groups in total. The summed E-state index contributed by atoms with van der Waals surface area (Å²) in [6.07, 6.45) is 5.89. The van der Waals surface area contributed by atoms with Crippen LogP contribution in [0.1, 0.15) is 30.7 Å². The summed E-state index contributed by atoms with van der Waals surface area (Å²) in [4.78, 5) is 12.3. The molecule has 0 bridgehead atoms. The normalized spacial score (nSPS) is 17.9. The van der Waals surface area contributed by atoms with Crippen molar-refractivity contribution >= 4 is 33.2 Å². The second-order valence-corrected chi connectivity index (χ2v) is 7.83. The van der Waals surface area contributed by atoms with Crippen LogP contribution in [0.15, 0.2) is 34.4 Å². The van der Waals surface area contributed by atoms with Crippen molar-refractivity contribution < 1.29 is 0 Å². The molecule has 4 nitrogen and oxygen atoms in total. The third kappa shape index (κ3) is 3.81. The smallest absolute Gasteiger partial charge is 0.225 e. The molecule has 1 unspecified atom stereocenters. The van der Waals surface area contributed by atoms with Gasteiger partial charge < -0.3 is 10.2 Å². The Morgan fingerprint density at radius 1 is 1.29 bits per heavy atom. The van der Waals surface area contributed by atoms with Crippen LogP contribution in [-0.2, 0) is 0 Å². The van der Waals surface area contributed by atoms with Gasteiger partial charge in [-0.15, -0.1) is 11.3 Å². The lowest BCUT2D eigenvalue weighted by Gasteiger charge is -2.33. The number of aromatic nitrogens is 2. The number of hydrogen-bond acceptors (Lipinski definition) is 5. The van der Waals surface area contributed by atoms with Crippen molar-refractivity contribution in [3.8, 4) is 0 Å². The minimum atomic E-state index is 0.408. The molecule has 3 rings (SSSR count). The lowest BCUT2D eigenvalue weighted by atomic mass is 10.0. The SMILES string of the molecule is CC(NC1CCN(c2ncccn2)CC1)c1ccc(Br)s1. The molecule has 0 aromatic carbocycles. The maximum absolute atomic E-state index is 4.33. The fraction of sp³-hybridized carbons (Fsp3) is 0.467.